The predicted octanol–water partition coefficient (Wildman–Crippen LogP) is 2.69. The molecule has 1 amide bonds. The van der Waals surface area contributed by atoms with Gasteiger partial charge in [-0.2, -0.15) is 5.10 Å². The Morgan fingerprint density at radius 1 is 1.07 bits per heavy atom. The van der Waals surface area contributed by atoms with Crippen molar-refractivity contribution in [2.75, 3.05) is 13.3 Å². The molecule has 0 fully saturated rings. The zero-order valence-corrected chi connectivity index (χ0v) is 16.1. The van der Waals surface area contributed by atoms with Crippen molar-refractivity contribution in [3.05, 3.63) is 76.6 Å². The van der Waals surface area contributed by atoms with E-state index in [0.717, 1.165) is 11.1 Å². The summed E-state index contributed by atoms with van der Waals surface area (Å²) in [7, 11) is 0. The normalized spacial score (nSPS) is 12.0. The molecule has 2 aromatic carbocycles. The summed E-state index contributed by atoms with van der Waals surface area (Å²) in [5, 5.41) is 4.39. The number of fused-ring (bicyclic) bond motifs is 1. The number of amides is 1. The van der Waals surface area contributed by atoms with Crippen molar-refractivity contribution < 1.29 is 14.3 Å². The van der Waals surface area contributed by atoms with Crippen LogP contribution >= 0.6 is 0 Å². The van der Waals surface area contributed by atoms with Crippen molar-refractivity contribution in [1.29, 1.82) is 0 Å². The summed E-state index contributed by atoms with van der Waals surface area (Å²) in [5.41, 5.74) is 2.09. The van der Waals surface area contributed by atoms with Gasteiger partial charge in [-0.15, -0.1) is 0 Å². The molecule has 7 heteroatoms. The minimum absolute atomic E-state index is 0.113. The summed E-state index contributed by atoms with van der Waals surface area (Å²) in [4.78, 5) is 26.8. The highest BCUT2D eigenvalue weighted by atomic mass is 16.7. The number of carbonyl (C=O) groups is 1. The molecule has 0 unspecified atom stereocenters. The highest BCUT2D eigenvalue weighted by Crippen LogP contribution is 2.35. The molecule has 0 saturated carbocycles. The van der Waals surface area contributed by atoms with E-state index < -0.39 is 0 Å². The highest BCUT2D eigenvalue weighted by Gasteiger charge is 2.17. The number of rotatable bonds is 6. The van der Waals surface area contributed by atoms with Crippen LogP contribution in [-0.4, -0.2) is 33.9 Å². The predicted molar refractivity (Wildman–Crippen MR) is 108 cm³/mol. The number of ether oxygens (including phenoxy) is 2. The summed E-state index contributed by atoms with van der Waals surface area (Å²) >= 11 is 0. The van der Waals surface area contributed by atoms with Crippen molar-refractivity contribution in [3.8, 4) is 22.8 Å². The molecule has 0 bridgehead atoms. The second kappa shape index (κ2) is 8.18. The molecule has 7 nitrogen and oxygen atoms in total. The van der Waals surface area contributed by atoms with E-state index in [9.17, 15) is 9.59 Å². The number of aromatic nitrogens is 2. The van der Waals surface area contributed by atoms with Gasteiger partial charge < -0.3 is 14.4 Å². The maximum absolute atomic E-state index is 12.8. The van der Waals surface area contributed by atoms with Crippen LogP contribution in [0.3, 0.4) is 0 Å². The van der Waals surface area contributed by atoms with E-state index in [1.165, 1.54) is 10.7 Å². The highest BCUT2D eigenvalue weighted by molar-refractivity contribution is 5.76. The van der Waals surface area contributed by atoms with Crippen LogP contribution in [0.2, 0.25) is 0 Å². The summed E-state index contributed by atoms with van der Waals surface area (Å²) in [6.45, 7) is 3.03. The lowest BCUT2D eigenvalue weighted by Gasteiger charge is -2.21. The molecule has 0 aliphatic carbocycles. The van der Waals surface area contributed by atoms with E-state index in [0.29, 0.717) is 30.3 Å². The number of carbonyl (C=O) groups excluding carboxylic acids is 1. The van der Waals surface area contributed by atoms with Crippen LogP contribution in [0.15, 0.2) is 65.5 Å². The van der Waals surface area contributed by atoms with Gasteiger partial charge in [0.15, 0.2) is 11.5 Å². The molecule has 4 rings (SSSR count). The first kappa shape index (κ1) is 18.7. The van der Waals surface area contributed by atoms with Gasteiger partial charge in [0, 0.05) is 24.7 Å². The zero-order chi connectivity index (χ0) is 20.2. The Balaban J connectivity index is 1.54. The lowest BCUT2D eigenvalue weighted by molar-refractivity contribution is -0.132. The molecule has 0 radical (unpaired) electrons. The van der Waals surface area contributed by atoms with Gasteiger partial charge in [0.2, 0.25) is 12.7 Å². The first-order valence-corrected chi connectivity index (χ1v) is 9.44. The van der Waals surface area contributed by atoms with Crippen LogP contribution in [0.25, 0.3) is 11.3 Å². The Bertz CT molecular complexity index is 1080. The zero-order valence-electron chi connectivity index (χ0n) is 16.1. The van der Waals surface area contributed by atoms with Gasteiger partial charge in [0.05, 0.1) is 5.69 Å². The fourth-order valence-corrected chi connectivity index (χ4v) is 3.18. The maximum Gasteiger partial charge on any atom is 0.267 e. The quantitative estimate of drug-likeness (QED) is 0.646. The van der Waals surface area contributed by atoms with Crippen molar-refractivity contribution in [2.24, 2.45) is 0 Å². The van der Waals surface area contributed by atoms with E-state index in [4.69, 9.17) is 9.47 Å². The van der Waals surface area contributed by atoms with Gasteiger partial charge >= 0.3 is 0 Å². The summed E-state index contributed by atoms with van der Waals surface area (Å²) in [6.07, 6.45) is 0. The van der Waals surface area contributed by atoms with Gasteiger partial charge in [0.1, 0.15) is 6.54 Å². The fourth-order valence-electron chi connectivity index (χ4n) is 3.18. The molecule has 29 heavy (non-hydrogen) atoms. The van der Waals surface area contributed by atoms with Crippen molar-refractivity contribution in [3.63, 3.8) is 0 Å². The first-order chi connectivity index (χ1) is 14.1. The van der Waals surface area contributed by atoms with Crippen molar-refractivity contribution in [2.45, 2.75) is 20.0 Å². The SMILES string of the molecule is CCN(Cc1ccccc1)C(=O)Cn1nc(-c2ccc3c(c2)OCO3)ccc1=O. The third-order valence-corrected chi connectivity index (χ3v) is 4.77. The van der Waals surface area contributed by atoms with Crippen molar-refractivity contribution in [1.82, 2.24) is 14.7 Å². The monoisotopic (exact) mass is 391 g/mol. The first-order valence-electron chi connectivity index (χ1n) is 9.44. The lowest BCUT2D eigenvalue weighted by atomic mass is 10.1. The molecule has 0 N–H and O–H groups in total. The van der Waals surface area contributed by atoms with E-state index in [2.05, 4.69) is 5.10 Å². The van der Waals surface area contributed by atoms with E-state index >= 15 is 0 Å². The summed E-state index contributed by atoms with van der Waals surface area (Å²) in [5.74, 6) is 1.16. The second-order valence-corrected chi connectivity index (χ2v) is 6.68. The number of likely N-dealkylation sites (N-methyl/N-ethyl adjacent to an activating group) is 1. The Kier molecular flexibility index (Phi) is 5.29. The largest absolute Gasteiger partial charge is 0.454 e. The molecule has 1 aliphatic heterocycles. The Labute approximate surface area is 168 Å². The number of hydrogen-bond donors (Lipinski definition) is 0. The van der Waals surface area contributed by atoms with E-state index in [1.807, 2.05) is 49.4 Å². The molecular formula is C22H21N3O4. The minimum Gasteiger partial charge on any atom is -0.454 e. The maximum atomic E-state index is 12.8. The van der Waals surface area contributed by atoms with Gasteiger partial charge in [-0.25, -0.2) is 4.68 Å². The third kappa shape index (κ3) is 4.13. The Morgan fingerprint density at radius 2 is 1.86 bits per heavy atom. The molecular weight excluding hydrogens is 370 g/mol. The molecule has 1 aromatic heterocycles. The van der Waals surface area contributed by atoms with Crippen LogP contribution in [0.1, 0.15) is 12.5 Å². The fraction of sp³-hybridized carbons (Fsp3) is 0.227. The van der Waals surface area contributed by atoms with Crippen LogP contribution in [0.4, 0.5) is 0 Å². The number of benzene rings is 2. The minimum atomic E-state index is -0.321. The van der Waals surface area contributed by atoms with E-state index in [1.54, 1.807) is 17.0 Å². The van der Waals surface area contributed by atoms with Crippen LogP contribution in [0.5, 0.6) is 11.5 Å². The lowest BCUT2D eigenvalue weighted by Crippen LogP contribution is -2.36. The van der Waals surface area contributed by atoms with Gasteiger partial charge in [0.25, 0.3) is 5.56 Å². The van der Waals surface area contributed by atoms with E-state index in [-0.39, 0.29) is 24.8 Å². The number of nitrogens with zero attached hydrogens (tertiary/aromatic N) is 3. The molecule has 3 aromatic rings. The molecule has 148 valence electrons. The Morgan fingerprint density at radius 3 is 2.66 bits per heavy atom. The standard InChI is InChI=1S/C22H21N3O4/c1-2-24(13-16-6-4-3-5-7-16)22(27)14-25-21(26)11-9-18(23-25)17-8-10-19-20(12-17)29-15-28-19/h3-12H,2,13-15H2,1H3. The average molecular weight is 391 g/mol. The smallest absolute Gasteiger partial charge is 0.267 e. The number of hydrogen-bond acceptors (Lipinski definition) is 5. The second-order valence-electron chi connectivity index (χ2n) is 6.68. The molecule has 0 saturated heterocycles. The molecule has 0 spiro atoms. The van der Waals surface area contributed by atoms with Gasteiger partial charge in [-0.05, 0) is 36.8 Å². The summed E-state index contributed by atoms with van der Waals surface area (Å²) in [6, 6.07) is 18.3. The topological polar surface area (TPSA) is 73.7 Å². The van der Waals surface area contributed by atoms with Crippen LogP contribution < -0.4 is 15.0 Å². The Hall–Kier alpha value is -3.61. The van der Waals surface area contributed by atoms with Gasteiger partial charge in [-0.1, -0.05) is 30.3 Å². The van der Waals surface area contributed by atoms with Gasteiger partial charge in [-0.3, -0.25) is 9.59 Å². The summed E-state index contributed by atoms with van der Waals surface area (Å²) < 4.78 is 11.9. The molecule has 2 heterocycles. The average Bonchev–Trinajstić information content (AvgIpc) is 3.22. The van der Waals surface area contributed by atoms with Crippen LogP contribution in [0, 0.1) is 0 Å². The molecule has 1 aliphatic rings. The van der Waals surface area contributed by atoms with Crippen molar-refractivity contribution >= 4 is 5.91 Å². The van der Waals surface area contributed by atoms with Crippen LogP contribution in [-0.2, 0) is 17.9 Å². The third-order valence-electron chi connectivity index (χ3n) is 4.77. The molecule has 0 atom stereocenters.